The van der Waals surface area contributed by atoms with E-state index < -0.39 is 0 Å². The molecule has 1 aromatic carbocycles. The van der Waals surface area contributed by atoms with Crippen LogP contribution in [-0.2, 0) is 24.4 Å². The monoisotopic (exact) mass is 375 g/mol. The molecule has 0 fully saturated rings. The molecule has 0 unspecified atom stereocenters. The molecule has 0 amide bonds. The Balaban J connectivity index is 1.97. The van der Waals surface area contributed by atoms with Gasteiger partial charge in [-0.15, -0.1) is 0 Å². The number of guanidine groups is 1. The second-order valence-electron chi connectivity index (χ2n) is 6.11. The molecule has 148 valence electrons. The molecule has 1 aromatic heterocycles. The van der Waals surface area contributed by atoms with Gasteiger partial charge in [-0.1, -0.05) is 6.07 Å². The van der Waals surface area contributed by atoms with Gasteiger partial charge in [0.1, 0.15) is 0 Å². The van der Waals surface area contributed by atoms with E-state index in [-0.39, 0.29) is 0 Å². The average molecular weight is 375 g/mol. The van der Waals surface area contributed by atoms with Gasteiger partial charge in [-0.05, 0) is 31.5 Å². The zero-order chi connectivity index (χ0) is 19.8. The molecule has 0 radical (unpaired) electrons. The quantitative estimate of drug-likeness (QED) is 0.512. The summed E-state index contributed by atoms with van der Waals surface area (Å²) in [5.74, 6) is 1.74. The maximum Gasteiger partial charge on any atom is 0.189 e. The molecule has 0 aliphatic heterocycles. The number of aliphatic imine (C=N–C) groups is 1. The maximum absolute atomic E-state index is 6.02. The summed E-state index contributed by atoms with van der Waals surface area (Å²) in [5, 5.41) is 7.70. The number of hydrogen-bond acceptors (Lipinski definition) is 5. The van der Waals surface area contributed by atoms with E-state index in [1.807, 2.05) is 36.7 Å². The molecular weight excluding hydrogens is 346 g/mol. The zero-order valence-electron chi connectivity index (χ0n) is 16.7. The van der Waals surface area contributed by atoms with Crippen molar-refractivity contribution in [2.45, 2.75) is 33.5 Å². The molecule has 3 N–H and O–H groups in total. The number of aryl methyl sites for hydroxylation is 1. The fourth-order valence-electron chi connectivity index (χ4n) is 2.78. The number of benzene rings is 1. The molecule has 2 aromatic rings. The van der Waals surface area contributed by atoms with Crippen LogP contribution in [0.15, 0.2) is 23.2 Å². The number of ether oxygens (including phenoxy) is 3. The van der Waals surface area contributed by atoms with Crippen molar-refractivity contribution >= 4 is 5.96 Å². The van der Waals surface area contributed by atoms with Gasteiger partial charge in [0.25, 0.3) is 0 Å². The highest BCUT2D eigenvalue weighted by atomic mass is 16.5. The van der Waals surface area contributed by atoms with Gasteiger partial charge >= 0.3 is 0 Å². The minimum absolute atomic E-state index is 0.383. The summed E-state index contributed by atoms with van der Waals surface area (Å²) in [4.78, 5) is 4.40. The Kier molecular flexibility index (Phi) is 7.48. The number of methoxy groups -OCH3 is 3. The number of nitrogens with one attached hydrogen (secondary N) is 1. The van der Waals surface area contributed by atoms with E-state index in [0.29, 0.717) is 37.2 Å². The van der Waals surface area contributed by atoms with Gasteiger partial charge in [0.15, 0.2) is 17.5 Å². The molecule has 0 saturated carbocycles. The predicted molar refractivity (Wildman–Crippen MR) is 105 cm³/mol. The SMILES string of the molecule is COCCn1nc(C)c(CNC(N)=NCc2ccc(OC)c(OC)c2)c1C. The van der Waals surface area contributed by atoms with E-state index in [2.05, 4.69) is 15.4 Å². The van der Waals surface area contributed by atoms with E-state index in [4.69, 9.17) is 19.9 Å². The van der Waals surface area contributed by atoms with Crippen LogP contribution >= 0.6 is 0 Å². The normalized spacial score (nSPS) is 11.5. The van der Waals surface area contributed by atoms with Gasteiger partial charge in [-0.3, -0.25) is 4.68 Å². The van der Waals surface area contributed by atoms with Gasteiger partial charge < -0.3 is 25.3 Å². The molecule has 0 bridgehead atoms. The topological polar surface area (TPSA) is 95.9 Å². The number of hydrogen-bond donors (Lipinski definition) is 2. The van der Waals surface area contributed by atoms with Crippen molar-refractivity contribution in [3.63, 3.8) is 0 Å². The van der Waals surface area contributed by atoms with Crippen LogP contribution in [0.25, 0.3) is 0 Å². The Bertz CT molecular complexity index is 786. The molecule has 0 aliphatic carbocycles. The number of nitrogens with zero attached hydrogens (tertiary/aromatic N) is 3. The third-order valence-electron chi connectivity index (χ3n) is 4.36. The van der Waals surface area contributed by atoms with Crippen LogP contribution < -0.4 is 20.5 Å². The second-order valence-corrected chi connectivity index (χ2v) is 6.11. The Hall–Kier alpha value is -2.74. The third kappa shape index (κ3) is 5.37. The van der Waals surface area contributed by atoms with E-state index in [9.17, 15) is 0 Å². The molecule has 8 heteroatoms. The van der Waals surface area contributed by atoms with Crippen LogP contribution in [0, 0.1) is 13.8 Å². The Morgan fingerprint density at radius 3 is 2.59 bits per heavy atom. The molecule has 27 heavy (non-hydrogen) atoms. The average Bonchev–Trinajstić information content (AvgIpc) is 2.95. The summed E-state index contributed by atoms with van der Waals surface area (Å²) < 4.78 is 17.6. The van der Waals surface area contributed by atoms with Gasteiger partial charge in [-0.25, -0.2) is 4.99 Å². The van der Waals surface area contributed by atoms with Crippen LogP contribution in [0.1, 0.15) is 22.5 Å². The molecule has 8 nitrogen and oxygen atoms in total. The summed E-state index contributed by atoms with van der Waals surface area (Å²) in [6, 6.07) is 5.68. The van der Waals surface area contributed by atoms with Crippen molar-refractivity contribution in [1.82, 2.24) is 15.1 Å². The van der Waals surface area contributed by atoms with Crippen LogP contribution in [0.3, 0.4) is 0 Å². The van der Waals surface area contributed by atoms with Crippen molar-refractivity contribution in [3.8, 4) is 11.5 Å². The molecule has 1 heterocycles. The van der Waals surface area contributed by atoms with Crippen LogP contribution in [-0.4, -0.2) is 43.7 Å². The highest BCUT2D eigenvalue weighted by molar-refractivity contribution is 5.77. The number of nitrogens with two attached hydrogens (primary N) is 1. The number of aromatic nitrogens is 2. The first kappa shape index (κ1) is 20.6. The van der Waals surface area contributed by atoms with Crippen molar-refractivity contribution in [1.29, 1.82) is 0 Å². The summed E-state index contributed by atoms with van der Waals surface area (Å²) in [6.45, 7) is 6.42. The second kappa shape index (κ2) is 9.82. The summed E-state index contributed by atoms with van der Waals surface area (Å²) >= 11 is 0. The van der Waals surface area contributed by atoms with Crippen molar-refractivity contribution < 1.29 is 14.2 Å². The lowest BCUT2D eigenvalue weighted by molar-refractivity contribution is 0.182. The summed E-state index contributed by atoms with van der Waals surface area (Å²) in [5.41, 5.74) is 10.2. The van der Waals surface area contributed by atoms with Crippen LogP contribution in [0.5, 0.6) is 11.5 Å². The largest absolute Gasteiger partial charge is 0.493 e. The van der Waals surface area contributed by atoms with Crippen LogP contribution in [0.4, 0.5) is 0 Å². The van der Waals surface area contributed by atoms with Gasteiger partial charge in [-0.2, -0.15) is 5.10 Å². The molecule has 0 aliphatic rings. The first-order valence-electron chi connectivity index (χ1n) is 8.76. The van der Waals surface area contributed by atoms with Crippen molar-refractivity contribution in [2.24, 2.45) is 10.7 Å². The molecule has 0 saturated heterocycles. The van der Waals surface area contributed by atoms with Crippen molar-refractivity contribution in [3.05, 3.63) is 40.7 Å². The van der Waals surface area contributed by atoms with Gasteiger partial charge in [0.2, 0.25) is 0 Å². The Morgan fingerprint density at radius 2 is 1.93 bits per heavy atom. The zero-order valence-corrected chi connectivity index (χ0v) is 16.7. The first-order chi connectivity index (χ1) is 13.0. The predicted octanol–water partition coefficient (Wildman–Crippen LogP) is 1.77. The standard InChI is InChI=1S/C19H29N5O3/c1-13-16(14(2)24(23-13)8-9-25-3)12-22-19(20)21-11-15-6-7-17(26-4)18(10-15)27-5/h6-7,10H,8-9,11-12H2,1-5H3,(H3,20,21,22). The minimum atomic E-state index is 0.383. The van der Waals surface area contributed by atoms with Crippen molar-refractivity contribution in [2.75, 3.05) is 27.9 Å². The lowest BCUT2D eigenvalue weighted by atomic mass is 10.2. The lowest BCUT2D eigenvalue weighted by Gasteiger charge is -2.09. The Morgan fingerprint density at radius 1 is 1.19 bits per heavy atom. The third-order valence-corrected chi connectivity index (χ3v) is 4.36. The smallest absolute Gasteiger partial charge is 0.189 e. The molecule has 2 rings (SSSR count). The fourth-order valence-corrected chi connectivity index (χ4v) is 2.78. The maximum atomic E-state index is 6.02. The fraction of sp³-hybridized carbons (Fsp3) is 0.474. The van der Waals surface area contributed by atoms with E-state index in [0.717, 1.165) is 29.1 Å². The van der Waals surface area contributed by atoms with Crippen LogP contribution in [0.2, 0.25) is 0 Å². The van der Waals surface area contributed by atoms with E-state index >= 15 is 0 Å². The number of rotatable bonds is 9. The van der Waals surface area contributed by atoms with Gasteiger partial charge in [0.05, 0.1) is 39.6 Å². The minimum Gasteiger partial charge on any atom is -0.493 e. The highest BCUT2D eigenvalue weighted by Gasteiger charge is 2.11. The molecular formula is C19H29N5O3. The Labute approximate surface area is 160 Å². The molecule has 0 spiro atoms. The molecule has 0 atom stereocenters. The lowest BCUT2D eigenvalue weighted by Crippen LogP contribution is -2.31. The summed E-state index contributed by atoms with van der Waals surface area (Å²) in [6.07, 6.45) is 0. The van der Waals surface area contributed by atoms with E-state index in [1.165, 1.54) is 0 Å². The van der Waals surface area contributed by atoms with E-state index in [1.54, 1.807) is 21.3 Å². The van der Waals surface area contributed by atoms with Gasteiger partial charge in [0, 0.05) is 24.9 Å². The first-order valence-corrected chi connectivity index (χ1v) is 8.76. The summed E-state index contributed by atoms with van der Waals surface area (Å²) in [7, 11) is 4.90. The highest BCUT2D eigenvalue weighted by Crippen LogP contribution is 2.27.